The molecule has 0 bridgehead atoms. The van der Waals surface area contributed by atoms with Gasteiger partial charge in [0, 0.05) is 17.8 Å². The van der Waals surface area contributed by atoms with Gasteiger partial charge in [0.05, 0.1) is 0 Å². The van der Waals surface area contributed by atoms with E-state index in [1.807, 2.05) is 6.92 Å². The Labute approximate surface area is 97.8 Å². The normalized spacial score (nSPS) is 22.1. The Balaban J connectivity index is 2.33. The monoisotopic (exact) mass is 231 g/mol. The third kappa shape index (κ3) is 4.02. The second-order valence-corrected chi connectivity index (χ2v) is 5.06. The molecule has 0 heterocycles. The van der Waals surface area contributed by atoms with Crippen molar-refractivity contribution < 1.29 is 4.79 Å². The van der Waals surface area contributed by atoms with E-state index in [-0.39, 0.29) is 11.8 Å². The molecule has 2 unspecified atom stereocenters. The van der Waals surface area contributed by atoms with E-state index in [0.29, 0.717) is 17.8 Å². The maximum absolute atomic E-state index is 11.6. The first-order valence-electron chi connectivity index (χ1n) is 6.01. The largest absolute Gasteiger partial charge is 0.353 e. The van der Waals surface area contributed by atoms with Crippen molar-refractivity contribution >= 4 is 17.5 Å². The highest BCUT2D eigenvalue weighted by Gasteiger charge is 2.22. The molecule has 1 saturated carbocycles. The first-order chi connectivity index (χ1) is 7.15. The smallest absolute Gasteiger partial charge is 0.224 e. The average Bonchev–Trinajstić information content (AvgIpc) is 2.29. The van der Waals surface area contributed by atoms with Crippen LogP contribution in [0.25, 0.3) is 0 Å². The number of alkyl halides is 1. The Morgan fingerprint density at radius 1 is 1.33 bits per heavy atom. The van der Waals surface area contributed by atoms with Crippen LogP contribution in [-0.2, 0) is 4.79 Å². The van der Waals surface area contributed by atoms with E-state index >= 15 is 0 Å². The van der Waals surface area contributed by atoms with Crippen molar-refractivity contribution in [3.63, 3.8) is 0 Å². The Kier molecular flexibility index (Phi) is 5.44. The molecule has 1 aliphatic carbocycles. The van der Waals surface area contributed by atoms with Gasteiger partial charge in [-0.05, 0) is 25.7 Å². The van der Waals surface area contributed by atoms with E-state index < -0.39 is 0 Å². The van der Waals surface area contributed by atoms with Crippen molar-refractivity contribution in [2.75, 3.05) is 5.88 Å². The Morgan fingerprint density at radius 2 is 1.93 bits per heavy atom. The summed E-state index contributed by atoms with van der Waals surface area (Å²) < 4.78 is 0. The molecule has 0 aromatic heterocycles. The van der Waals surface area contributed by atoms with Crippen LogP contribution in [-0.4, -0.2) is 17.8 Å². The van der Waals surface area contributed by atoms with Gasteiger partial charge in [-0.3, -0.25) is 4.79 Å². The summed E-state index contributed by atoms with van der Waals surface area (Å²) in [7, 11) is 0. The maximum Gasteiger partial charge on any atom is 0.224 e. The maximum atomic E-state index is 11.6. The minimum absolute atomic E-state index is 0.0716. The molecule has 0 aromatic carbocycles. The van der Waals surface area contributed by atoms with Crippen molar-refractivity contribution in [2.24, 2.45) is 11.8 Å². The first-order valence-corrected chi connectivity index (χ1v) is 6.55. The number of hydrogen-bond acceptors (Lipinski definition) is 1. The van der Waals surface area contributed by atoms with Gasteiger partial charge in [0.25, 0.3) is 0 Å². The molecule has 2 atom stereocenters. The molecular weight excluding hydrogens is 210 g/mol. The van der Waals surface area contributed by atoms with Gasteiger partial charge >= 0.3 is 0 Å². The molecule has 0 aliphatic heterocycles. The molecule has 1 N–H and O–H groups in total. The van der Waals surface area contributed by atoms with E-state index in [1.165, 1.54) is 32.1 Å². The summed E-state index contributed by atoms with van der Waals surface area (Å²) in [6, 6.07) is 0.309. The standard InChI is InChI=1S/C12H22ClNO/c1-9(8-13)12(15)14-10(2)11-6-4-3-5-7-11/h9-11H,3-8H2,1-2H3,(H,14,15). The number of halogens is 1. The van der Waals surface area contributed by atoms with E-state index in [0.717, 1.165) is 0 Å². The summed E-state index contributed by atoms with van der Waals surface area (Å²) in [5.41, 5.74) is 0. The summed E-state index contributed by atoms with van der Waals surface area (Å²) in [4.78, 5) is 11.6. The molecule has 0 aromatic rings. The lowest BCUT2D eigenvalue weighted by molar-refractivity contribution is -0.124. The zero-order valence-corrected chi connectivity index (χ0v) is 10.5. The highest BCUT2D eigenvalue weighted by Crippen LogP contribution is 2.26. The first kappa shape index (κ1) is 12.8. The minimum Gasteiger partial charge on any atom is -0.353 e. The van der Waals surface area contributed by atoms with Gasteiger partial charge in [-0.1, -0.05) is 26.2 Å². The lowest BCUT2D eigenvalue weighted by Gasteiger charge is -2.28. The predicted molar refractivity (Wildman–Crippen MR) is 64.1 cm³/mol. The van der Waals surface area contributed by atoms with Crippen LogP contribution in [0.1, 0.15) is 46.0 Å². The van der Waals surface area contributed by atoms with E-state index in [9.17, 15) is 4.79 Å². The molecule has 0 spiro atoms. The summed E-state index contributed by atoms with van der Waals surface area (Å²) in [6.07, 6.45) is 6.51. The van der Waals surface area contributed by atoms with Gasteiger partial charge in [0.1, 0.15) is 0 Å². The zero-order chi connectivity index (χ0) is 11.3. The van der Waals surface area contributed by atoms with Gasteiger partial charge in [0.2, 0.25) is 5.91 Å². The van der Waals surface area contributed by atoms with Crippen LogP contribution in [0.2, 0.25) is 0 Å². The summed E-state index contributed by atoms with van der Waals surface area (Å²) in [5.74, 6) is 1.11. The minimum atomic E-state index is -0.0716. The predicted octanol–water partition coefficient (Wildman–Crippen LogP) is 2.95. The molecule has 1 fully saturated rings. The van der Waals surface area contributed by atoms with Crippen LogP contribution >= 0.6 is 11.6 Å². The Hall–Kier alpha value is -0.240. The molecule has 0 saturated heterocycles. The highest BCUT2D eigenvalue weighted by molar-refractivity contribution is 6.19. The van der Waals surface area contributed by atoms with Crippen molar-refractivity contribution in [1.29, 1.82) is 0 Å². The third-order valence-electron chi connectivity index (χ3n) is 3.41. The molecule has 0 radical (unpaired) electrons. The number of rotatable bonds is 4. The van der Waals surface area contributed by atoms with Gasteiger partial charge in [0.15, 0.2) is 0 Å². The second kappa shape index (κ2) is 6.37. The lowest BCUT2D eigenvalue weighted by atomic mass is 9.84. The van der Waals surface area contributed by atoms with Crippen molar-refractivity contribution in [3.8, 4) is 0 Å². The zero-order valence-electron chi connectivity index (χ0n) is 9.76. The summed E-state index contributed by atoms with van der Waals surface area (Å²) in [5, 5.41) is 3.08. The molecule has 2 nitrogen and oxygen atoms in total. The number of nitrogens with one attached hydrogen (secondary N) is 1. The fourth-order valence-electron chi connectivity index (χ4n) is 2.19. The Morgan fingerprint density at radius 3 is 2.47 bits per heavy atom. The van der Waals surface area contributed by atoms with E-state index in [4.69, 9.17) is 11.6 Å². The molecule has 88 valence electrons. The molecule has 1 amide bonds. The number of hydrogen-bond donors (Lipinski definition) is 1. The van der Waals surface area contributed by atoms with Gasteiger partial charge in [-0.15, -0.1) is 11.6 Å². The molecular formula is C12H22ClNO. The summed E-state index contributed by atoms with van der Waals surface area (Å²) in [6.45, 7) is 3.99. The van der Waals surface area contributed by atoms with Crippen molar-refractivity contribution in [3.05, 3.63) is 0 Å². The van der Waals surface area contributed by atoms with Crippen LogP contribution in [0.15, 0.2) is 0 Å². The fourth-order valence-corrected chi connectivity index (χ4v) is 2.33. The molecule has 1 rings (SSSR count). The van der Waals surface area contributed by atoms with Gasteiger partial charge < -0.3 is 5.32 Å². The van der Waals surface area contributed by atoms with Crippen LogP contribution < -0.4 is 5.32 Å². The van der Waals surface area contributed by atoms with Crippen LogP contribution in [0.5, 0.6) is 0 Å². The van der Waals surface area contributed by atoms with Gasteiger partial charge in [-0.25, -0.2) is 0 Å². The molecule has 3 heteroatoms. The van der Waals surface area contributed by atoms with Crippen molar-refractivity contribution in [2.45, 2.75) is 52.0 Å². The van der Waals surface area contributed by atoms with Crippen LogP contribution in [0, 0.1) is 11.8 Å². The van der Waals surface area contributed by atoms with Crippen molar-refractivity contribution in [1.82, 2.24) is 5.32 Å². The number of carbonyl (C=O) groups excluding carboxylic acids is 1. The quantitative estimate of drug-likeness (QED) is 0.741. The average molecular weight is 232 g/mol. The summed E-state index contributed by atoms with van der Waals surface area (Å²) >= 11 is 5.66. The SMILES string of the molecule is CC(CCl)C(=O)NC(C)C1CCCCC1. The van der Waals surface area contributed by atoms with Gasteiger partial charge in [-0.2, -0.15) is 0 Å². The topological polar surface area (TPSA) is 29.1 Å². The van der Waals surface area contributed by atoms with Crippen LogP contribution in [0.3, 0.4) is 0 Å². The third-order valence-corrected chi connectivity index (χ3v) is 3.87. The van der Waals surface area contributed by atoms with Crippen LogP contribution in [0.4, 0.5) is 0 Å². The molecule has 15 heavy (non-hydrogen) atoms. The number of amides is 1. The highest BCUT2D eigenvalue weighted by atomic mass is 35.5. The number of carbonyl (C=O) groups is 1. The van der Waals surface area contributed by atoms with E-state index in [1.54, 1.807) is 0 Å². The fraction of sp³-hybridized carbons (Fsp3) is 0.917. The Bertz CT molecular complexity index is 202. The molecule has 1 aliphatic rings. The van der Waals surface area contributed by atoms with E-state index in [2.05, 4.69) is 12.2 Å². The lowest BCUT2D eigenvalue weighted by Crippen LogP contribution is -2.41. The second-order valence-electron chi connectivity index (χ2n) is 4.75.